The van der Waals surface area contributed by atoms with Crippen molar-refractivity contribution in [3.05, 3.63) is 105 Å². The van der Waals surface area contributed by atoms with Gasteiger partial charge in [0.2, 0.25) is 12.1 Å². The van der Waals surface area contributed by atoms with Gasteiger partial charge in [0.1, 0.15) is 6.54 Å². The van der Waals surface area contributed by atoms with Gasteiger partial charge in [0.25, 0.3) is 5.69 Å². The number of nitrogens with zero attached hydrogens (tertiary/aromatic N) is 3. The van der Waals surface area contributed by atoms with Gasteiger partial charge in [-0.3, -0.25) is 14.9 Å². The van der Waals surface area contributed by atoms with E-state index in [0.29, 0.717) is 6.54 Å². The Morgan fingerprint density at radius 1 is 1.00 bits per heavy atom. The van der Waals surface area contributed by atoms with Gasteiger partial charge in [0, 0.05) is 6.07 Å². The van der Waals surface area contributed by atoms with E-state index in [-0.39, 0.29) is 40.6 Å². The van der Waals surface area contributed by atoms with Crippen molar-refractivity contribution in [2.75, 3.05) is 0 Å². The molecule has 6 nitrogen and oxygen atoms in total. The molecule has 0 unspecified atom stereocenters. The Morgan fingerprint density at radius 2 is 1.65 bits per heavy atom. The number of aromatic nitrogens is 2. The lowest BCUT2D eigenvalue weighted by Gasteiger charge is -2.02. The van der Waals surface area contributed by atoms with E-state index in [2.05, 4.69) is 35.8 Å². The first-order chi connectivity index (χ1) is 14.4. The highest BCUT2D eigenvalue weighted by molar-refractivity contribution is 6.00. The van der Waals surface area contributed by atoms with Crippen LogP contribution in [0.5, 0.6) is 0 Å². The van der Waals surface area contributed by atoms with E-state index in [0.717, 1.165) is 22.2 Å². The summed E-state index contributed by atoms with van der Waals surface area (Å²) in [4.78, 5) is 23.8. The molecule has 0 N–H and O–H groups in total. The summed E-state index contributed by atoms with van der Waals surface area (Å²) in [5, 5.41) is 11.3. The molecule has 0 bridgehead atoms. The number of fused-ring (bicyclic) bond motifs is 1. The van der Waals surface area contributed by atoms with Crippen LogP contribution in [0.15, 0.2) is 73.1 Å². The minimum absolute atomic E-state index is 0. The van der Waals surface area contributed by atoms with E-state index in [1.165, 1.54) is 17.7 Å². The number of Topliss-reactive ketones (excluding diaryl/α,β-unsaturated/α-hetero) is 1. The standard InChI is InChI=1S/C24H22N3O3.BrH/c1-17-12-22-23(13-18(17)2)26(16-25(22)14-19-8-4-3-5-9-19)15-24(28)20-10-6-7-11-21(20)27(29)30;/h3-13,16H,14-15H2,1-2H3;1H/q+1;/p-1. The molecule has 7 heteroatoms. The number of ketones is 1. The number of rotatable bonds is 6. The predicted molar refractivity (Wildman–Crippen MR) is 115 cm³/mol. The molecule has 0 fully saturated rings. The lowest BCUT2D eigenvalue weighted by molar-refractivity contribution is -0.663. The molecule has 1 aromatic heterocycles. The van der Waals surface area contributed by atoms with E-state index in [4.69, 9.17) is 0 Å². The van der Waals surface area contributed by atoms with Crippen LogP contribution in [0.2, 0.25) is 0 Å². The van der Waals surface area contributed by atoms with Crippen LogP contribution in [-0.2, 0) is 13.1 Å². The zero-order valence-corrected chi connectivity index (χ0v) is 18.9. The van der Waals surface area contributed by atoms with Crippen LogP contribution in [0, 0.1) is 24.0 Å². The molecule has 0 radical (unpaired) electrons. The van der Waals surface area contributed by atoms with Crippen LogP contribution in [0.4, 0.5) is 5.69 Å². The largest absolute Gasteiger partial charge is 1.00 e. The fourth-order valence-corrected chi connectivity index (χ4v) is 3.68. The fourth-order valence-electron chi connectivity index (χ4n) is 3.68. The molecule has 4 rings (SSSR count). The third-order valence-corrected chi connectivity index (χ3v) is 5.40. The average molecular weight is 480 g/mol. The molecule has 0 atom stereocenters. The number of hydrogen-bond acceptors (Lipinski definition) is 3. The second-order valence-electron chi connectivity index (χ2n) is 7.48. The highest BCUT2D eigenvalue weighted by Crippen LogP contribution is 2.22. The number of carbonyl (C=O) groups excluding carboxylic acids is 1. The van der Waals surface area contributed by atoms with E-state index < -0.39 is 4.92 Å². The summed E-state index contributed by atoms with van der Waals surface area (Å²) in [5.41, 5.74) is 5.38. The highest BCUT2D eigenvalue weighted by atomic mass is 79.9. The maximum absolute atomic E-state index is 13.0. The summed E-state index contributed by atoms with van der Waals surface area (Å²) in [5.74, 6) is -0.288. The predicted octanol–water partition coefficient (Wildman–Crippen LogP) is 1.39. The molecule has 0 amide bonds. The number of imidazole rings is 1. The molecule has 0 aliphatic rings. The van der Waals surface area contributed by atoms with Crippen LogP contribution in [0.3, 0.4) is 0 Å². The van der Waals surface area contributed by atoms with Crippen molar-refractivity contribution in [2.24, 2.45) is 0 Å². The molecule has 0 saturated carbocycles. The van der Waals surface area contributed by atoms with Crippen molar-refractivity contribution in [1.29, 1.82) is 0 Å². The summed E-state index contributed by atoms with van der Waals surface area (Å²) < 4.78 is 3.99. The zero-order chi connectivity index (χ0) is 21.3. The van der Waals surface area contributed by atoms with E-state index >= 15 is 0 Å². The molecule has 0 spiro atoms. The van der Waals surface area contributed by atoms with Gasteiger partial charge in [0.15, 0.2) is 17.6 Å². The summed E-state index contributed by atoms with van der Waals surface area (Å²) in [6, 6.07) is 20.4. The minimum Gasteiger partial charge on any atom is -1.00 e. The Balaban J connectivity index is 0.00000272. The van der Waals surface area contributed by atoms with Crippen molar-refractivity contribution >= 4 is 22.5 Å². The average Bonchev–Trinajstić information content (AvgIpc) is 3.05. The third kappa shape index (κ3) is 4.56. The van der Waals surface area contributed by atoms with Gasteiger partial charge in [-0.05, 0) is 48.7 Å². The molecule has 158 valence electrons. The molecule has 0 saturated heterocycles. The SMILES string of the molecule is Cc1cc2c(cc1C)[n+](Cc1ccccc1)cn2CC(=O)c1ccccc1[N+](=O)[O-].[Br-]. The second-order valence-corrected chi connectivity index (χ2v) is 7.48. The first-order valence-corrected chi connectivity index (χ1v) is 9.74. The van der Waals surface area contributed by atoms with Crippen molar-refractivity contribution < 1.29 is 31.3 Å². The molecule has 0 aliphatic carbocycles. The van der Waals surface area contributed by atoms with Gasteiger partial charge in [-0.1, -0.05) is 42.5 Å². The van der Waals surface area contributed by atoms with E-state index in [1.54, 1.807) is 12.1 Å². The summed E-state index contributed by atoms with van der Waals surface area (Å²) in [6.45, 7) is 4.81. The van der Waals surface area contributed by atoms with Crippen molar-refractivity contribution in [1.82, 2.24) is 4.57 Å². The molecular formula is C24H22BrN3O3. The molecular weight excluding hydrogens is 458 g/mol. The number of hydrogen-bond donors (Lipinski definition) is 0. The Labute approximate surface area is 190 Å². The number of nitro benzene ring substituents is 1. The normalized spacial score (nSPS) is 10.6. The Hall–Kier alpha value is -3.32. The highest BCUT2D eigenvalue weighted by Gasteiger charge is 2.24. The molecule has 1 heterocycles. The van der Waals surface area contributed by atoms with E-state index in [9.17, 15) is 14.9 Å². The maximum Gasteiger partial charge on any atom is 0.280 e. The van der Waals surface area contributed by atoms with Crippen LogP contribution in [0.25, 0.3) is 11.0 Å². The monoisotopic (exact) mass is 479 g/mol. The molecule has 31 heavy (non-hydrogen) atoms. The van der Waals surface area contributed by atoms with Gasteiger partial charge in [0.05, 0.1) is 10.5 Å². The summed E-state index contributed by atoms with van der Waals surface area (Å²) in [6.07, 6.45) is 1.92. The van der Waals surface area contributed by atoms with Gasteiger partial charge >= 0.3 is 0 Å². The maximum atomic E-state index is 13.0. The third-order valence-electron chi connectivity index (χ3n) is 5.40. The first-order valence-electron chi connectivity index (χ1n) is 9.74. The van der Waals surface area contributed by atoms with Gasteiger partial charge in [-0.15, -0.1) is 0 Å². The number of carbonyl (C=O) groups is 1. The van der Waals surface area contributed by atoms with Crippen LogP contribution < -0.4 is 21.5 Å². The summed E-state index contributed by atoms with van der Waals surface area (Å²) >= 11 is 0. The van der Waals surface area contributed by atoms with Gasteiger partial charge in [-0.2, -0.15) is 0 Å². The minimum atomic E-state index is -0.510. The van der Waals surface area contributed by atoms with Gasteiger partial charge < -0.3 is 17.0 Å². The van der Waals surface area contributed by atoms with Gasteiger partial charge in [-0.25, -0.2) is 9.13 Å². The first kappa shape index (κ1) is 22.4. The Bertz CT molecular complexity index is 1270. The zero-order valence-electron chi connectivity index (χ0n) is 17.3. The number of halogens is 1. The van der Waals surface area contributed by atoms with E-state index in [1.807, 2.05) is 36.0 Å². The van der Waals surface area contributed by atoms with Crippen LogP contribution >= 0.6 is 0 Å². The molecule has 3 aromatic carbocycles. The van der Waals surface area contributed by atoms with Crippen LogP contribution in [-0.4, -0.2) is 15.3 Å². The number of aryl methyl sites for hydroxylation is 2. The lowest BCUT2D eigenvalue weighted by atomic mass is 10.1. The second kappa shape index (κ2) is 9.22. The lowest BCUT2D eigenvalue weighted by Crippen LogP contribution is -3.00. The summed E-state index contributed by atoms with van der Waals surface area (Å²) in [7, 11) is 0. The quantitative estimate of drug-likeness (QED) is 0.181. The van der Waals surface area contributed by atoms with Crippen molar-refractivity contribution in [3.63, 3.8) is 0 Å². The number of nitro groups is 1. The molecule has 0 aliphatic heterocycles. The Morgan fingerprint density at radius 3 is 2.35 bits per heavy atom. The number of benzene rings is 3. The number of para-hydroxylation sites is 1. The topological polar surface area (TPSA) is 69.0 Å². The van der Waals surface area contributed by atoms with Crippen LogP contribution in [0.1, 0.15) is 27.0 Å². The van der Waals surface area contributed by atoms with Crippen molar-refractivity contribution in [2.45, 2.75) is 26.9 Å². The fraction of sp³-hybridized carbons (Fsp3) is 0.167. The van der Waals surface area contributed by atoms with Crippen molar-refractivity contribution in [3.8, 4) is 0 Å². The molecule has 4 aromatic rings. The Kier molecular flexibility index (Phi) is 6.65. The smallest absolute Gasteiger partial charge is 0.280 e.